The Labute approximate surface area is 175 Å². The normalized spacial score (nSPS) is 14.2. The second-order valence-electron chi connectivity index (χ2n) is 8.52. The highest BCUT2D eigenvalue weighted by Gasteiger charge is 2.34. The van der Waals surface area contributed by atoms with Crippen molar-refractivity contribution in [2.45, 2.75) is 59.2 Å². The van der Waals surface area contributed by atoms with Gasteiger partial charge in [0.15, 0.2) is 0 Å². The highest BCUT2D eigenvalue weighted by atomic mass is 16.3. The molecule has 1 fully saturated rings. The van der Waals surface area contributed by atoms with Crippen molar-refractivity contribution >= 4 is 23.5 Å². The topological polar surface area (TPSA) is 111 Å². The summed E-state index contributed by atoms with van der Waals surface area (Å²) >= 11 is 0. The van der Waals surface area contributed by atoms with Crippen LogP contribution in [0.3, 0.4) is 0 Å². The van der Waals surface area contributed by atoms with Crippen LogP contribution in [0.2, 0.25) is 0 Å². The van der Waals surface area contributed by atoms with Crippen LogP contribution in [-0.4, -0.2) is 50.6 Å². The number of aromatic nitrogens is 3. The zero-order valence-electron chi connectivity index (χ0n) is 18.1. The summed E-state index contributed by atoms with van der Waals surface area (Å²) in [7, 11) is 1.71. The fraction of sp³-hybridized carbons (Fsp3) is 0.524. The number of likely N-dealkylation sites (N-methyl/N-ethyl adjacent to an activating group) is 1. The van der Waals surface area contributed by atoms with Crippen LogP contribution in [0, 0.1) is 5.92 Å². The van der Waals surface area contributed by atoms with Crippen molar-refractivity contribution in [2.24, 2.45) is 5.92 Å². The zero-order chi connectivity index (χ0) is 22.2. The third kappa shape index (κ3) is 4.24. The lowest BCUT2D eigenvalue weighted by Crippen LogP contribution is -2.46. The molecule has 0 spiro atoms. The van der Waals surface area contributed by atoms with Gasteiger partial charge in [-0.15, -0.1) is 0 Å². The molecular weight excluding hydrogens is 386 g/mol. The molecule has 2 aromatic heterocycles. The molecule has 1 aliphatic rings. The average molecular weight is 417 g/mol. The molecule has 0 atom stereocenters. The number of carbonyl (C=O) groups is 2. The molecule has 9 heteroatoms. The quantitative estimate of drug-likeness (QED) is 0.463. The number of carbonyl (C=O) groups excluding carboxylic acids is 2. The summed E-state index contributed by atoms with van der Waals surface area (Å²) in [4.78, 5) is 39.5. The van der Waals surface area contributed by atoms with Crippen LogP contribution in [0.25, 0.3) is 11.7 Å². The maximum atomic E-state index is 13.0. The van der Waals surface area contributed by atoms with Gasteiger partial charge in [-0.2, -0.15) is 4.57 Å². The Morgan fingerprint density at radius 3 is 2.60 bits per heavy atom. The highest BCUT2D eigenvalue weighted by molar-refractivity contribution is 5.96. The number of aromatic amines is 1. The zero-order valence-corrected chi connectivity index (χ0v) is 18.1. The van der Waals surface area contributed by atoms with Crippen molar-refractivity contribution in [2.75, 3.05) is 7.05 Å². The van der Waals surface area contributed by atoms with E-state index in [0.29, 0.717) is 17.8 Å². The molecule has 162 valence electrons. The number of rotatable bonds is 7. The number of nitrogens with zero attached hydrogens (tertiary/aromatic N) is 3. The van der Waals surface area contributed by atoms with Gasteiger partial charge in [0, 0.05) is 25.2 Å². The molecule has 2 aromatic rings. The Balaban J connectivity index is 2.12. The number of hydrogen-bond donors (Lipinski definition) is 3. The second kappa shape index (κ2) is 8.33. The minimum absolute atomic E-state index is 0.0511. The molecular formula is C21H30N5O4+. The molecule has 0 saturated heterocycles. The Morgan fingerprint density at radius 2 is 2.03 bits per heavy atom. The number of hydrogen-bond acceptors (Lipinski definition) is 4. The van der Waals surface area contributed by atoms with Crippen LogP contribution in [0.4, 0.5) is 0 Å². The minimum Gasteiger partial charge on any atom is -0.477 e. The molecule has 0 aliphatic heterocycles. The SMILES string of the molecule is CC(C)C[n+]1c(O)c(C(=O)NC2CC2)c(=O)n2[nH]cc(/C=C/C(=O)N(C)C(C)C)c21. The summed E-state index contributed by atoms with van der Waals surface area (Å²) in [5.74, 6) is -0.979. The Kier molecular flexibility index (Phi) is 6.00. The highest BCUT2D eigenvalue weighted by Crippen LogP contribution is 2.21. The molecule has 9 nitrogen and oxygen atoms in total. The fourth-order valence-corrected chi connectivity index (χ4v) is 3.14. The van der Waals surface area contributed by atoms with Gasteiger partial charge in [-0.25, -0.2) is 9.89 Å². The van der Waals surface area contributed by atoms with Crippen LogP contribution in [-0.2, 0) is 11.3 Å². The molecule has 0 bridgehead atoms. The van der Waals surface area contributed by atoms with Crippen LogP contribution in [0.15, 0.2) is 17.1 Å². The van der Waals surface area contributed by atoms with Crippen LogP contribution in [0.1, 0.15) is 56.5 Å². The number of aromatic hydroxyl groups is 1. The molecule has 0 radical (unpaired) electrons. The summed E-state index contributed by atoms with van der Waals surface area (Å²) in [6, 6.07) is 0.108. The van der Waals surface area contributed by atoms with Gasteiger partial charge in [-0.1, -0.05) is 18.4 Å². The van der Waals surface area contributed by atoms with Crippen LogP contribution in [0.5, 0.6) is 5.88 Å². The number of H-pyrrole nitrogens is 1. The predicted molar refractivity (Wildman–Crippen MR) is 112 cm³/mol. The lowest BCUT2D eigenvalue weighted by Gasteiger charge is -2.19. The van der Waals surface area contributed by atoms with Gasteiger partial charge >= 0.3 is 17.1 Å². The van der Waals surface area contributed by atoms with Crippen molar-refractivity contribution in [3.63, 3.8) is 0 Å². The van der Waals surface area contributed by atoms with E-state index in [2.05, 4.69) is 10.4 Å². The van der Waals surface area contributed by atoms with E-state index in [-0.39, 0.29) is 35.4 Å². The molecule has 1 saturated carbocycles. The standard InChI is InChI=1S/C21H29N5O4/c1-12(2)11-25-19-14(6-9-16(27)24(5)13(3)4)10-22-26(19)21(30)17(20(25)29)18(28)23-15-7-8-15/h6,9-10,12-13,15H,7-8,11H2,1-5H3,(H2,23,28,29,30)/p+1/b9-6+. The first-order valence-electron chi connectivity index (χ1n) is 10.3. The molecule has 3 N–H and O–H groups in total. The Bertz CT molecular complexity index is 1060. The molecule has 30 heavy (non-hydrogen) atoms. The predicted octanol–water partition coefficient (Wildman–Crippen LogP) is 1.05. The first-order chi connectivity index (χ1) is 14.1. The monoisotopic (exact) mass is 416 g/mol. The third-order valence-electron chi connectivity index (χ3n) is 5.19. The van der Waals surface area contributed by atoms with Gasteiger partial charge in [0.1, 0.15) is 0 Å². The maximum Gasteiger partial charge on any atom is 0.378 e. The smallest absolute Gasteiger partial charge is 0.378 e. The Morgan fingerprint density at radius 1 is 1.37 bits per heavy atom. The second-order valence-corrected chi connectivity index (χ2v) is 8.52. The molecule has 0 unspecified atom stereocenters. The van der Waals surface area contributed by atoms with Crippen LogP contribution < -0.4 is 15.4 Å². The first-order valence-corrected chi connectivity index (χ1v) is 10.3. The van der Waals surface area contributed by atoms with Crippen molar-refractivity contribution in [1.29, 1.82) is 0 Å². The lowest BCUT2D eigenvalue weighted by atomic mass is 10.2. The molecule has 3 rings (SSSR count). The van der Waals surface area contributed by atoms with Gasteiger partial charge in [0.25, 0.3) is 5.91 Å². The number of nitrogens with one attached hydrogen (secondary N) is 2. The summed E-state index contributed by atoms with van der Waals surface area (Å²) in [5.41, 5.74) is 0.0344. The van der Waals surface area contributed by atoms with E-state index >= 15 is 0 Å². The van der Waals surface area contributed by atoms with E-state index < -0.39 is 11.5 Å². The average Bonchev–Trinajstić information content (AvgIpc) is 3.38. The van der Waals surface area contributed by atoms with Crippen molar-refractivity contribution in [1.82, 2.24) is 19.8 Å². The molecule has 1 aliphatic carbocycles. The van der Waals surface area contributed by atoms with E-state index in [1.165, 1.54) is 10.6 Å². The van der Waals surface area contributed by atoms with E-state index in [4.69, 9.17) is 0 Å². The van der Waals surface area contributed by atoms with Crippen LogP contribution >= 0.6 is 0 Å². The van der Waals surface area contributed by atoms with E-state index in [9.17, 15) is 19.5 Å². The van der Waals surface area contributed by atoms with Crippen molar-refractivity contribution in [3.05, 3.63) is 33.8 Å². The number of fused-ring (bicyclic) bond motifs is 1. The summed E-state index contributed by atoms with van der Waals surface area (Å²) < 4.78 is 2.78. The minimum atomic E-state index is -0.633. The first kappa shape index (κ1) is 21.6. The van der Waals surface area contributed by atoms with Gasteiger partial charge < -0.3 is 15.3 Å². The molecule has 2 amide bonds. The number of amides is 2. The van der Waals surface area contributed by atoms with Gasteiger partial charge in [0.2, 0.25) is 11.5 Å². The lowest BCUT2D eigenvalue weighted by molar-refractivity contribution is -0.686. The van der Waals surface area contributed by atoms with E-state index in [1.807, 2.05) is 27.7 Å². The van der Waals surface area contributed by atoms with E-state index in [1.54, 1.807) is 28.8 Å². The van der Waals surface area contributed by atoms with Crippen molar-refractivity contribution < 1.29 is 19.3 Å². The molecule has 2 heterocycles. The Hall–Kier alpha value is -3.10. The fourth-order valence-electron chi connectivity index (χ4n) is 3.14. The van der Waals surface area contributed by atoms with E-state index in [0.717, 1.165) is 12.8 Å². The largest absolute Gasteiger partial charge is 0.477 e. The maximum absolute atomic E-state index is 13.0. The van der Waals surface area contributed by atoms with Gasteiger partial charge in [-0.3, -0.25) is 9.59 Å². The van der Waals surface area contributed by atoms with Gasteiger partial charge in [-0.05, 0) is 38.7 Å². The summed E-state index contributed by atoms with van der Waals surface area (Å²) in [5, 5.41) is 16.5. The summed E-state index contributed by atoms with van der Waals surface area (Å²) in [6.07, 6.45) is 6.36. The van der Waals surface area contributed by atoms with Crippen molar-refractivity contribution in [3.8, 4) is 5.88 Å². The van der Waals surface area contributed by atoms with Gasteiger partial charge in [0.05, 0.1) is 18.3 Å². The summed E-state index contributed by atoms with van der Waals surface area (Å²) in [6.45, 7) is 8.17. The molecule has 0 aromatic carbocycles. The third-order valence-corrected chi connectivity index (χ3v) is 5.19.